The van der Waals surface area contributed by atoms with Gasteiger partial charge in [-0.2, -0.15) is 0 Å². The van der Waals surface area contributed by atoms with Crippen molar-refractivity contribution < 1.29 is 4.74 Å². The standard InChI is InChI=1S/C12H25BN2O/c1-7-10(9-16-11(2,3)13)8-12(4,14)15(5)6/h7,10H,1,8-9,14H2,2-6H3. The van der Waals surface area contributed by atoms with Gasteiger partial charge in [0.2, 0.25) is 0 Å². The Hall–Kier alpha value is -0.315. The van der Waals surface area contributed by atoms with E-state index in [1.807, 2.05) is 45.8 Å². The van der Waals surface area contributed by atoms with Crippen LogP contribution in [0.5, 0.6) is 0 Å². The lowest BCUT2D eigenvalue weighted by Crippen LogP contribution is -2.51. The maximum Gasteiger partial charge on any atom is 0.112 e. The molecule has 0 aromatic heterocycles. The summed E-state index contributed by atoms with van der Waals surface area (Å²) in [6, 6.07) is 0. The fourth-order valence-corrected chi connectivity index (χ4v) is 1.25. The summed E-state index contributed by atoms with van der Waals surface area (Å²) in [4.78, 5) is 2.00. The third-order valence-electron chi connectivity index (χ3n) is 2.70. The first kappa shape index (κ1) is 15.7. The minimum atomic E-state index is -0.607. The van der Waals surface area contributed by atoms with Gasteiger partial charge in [-0.05, 0) is 41.3 Å². The summed E-state index contributed by atoms with van der Waals surface area (Å²) in [5.41, 5.74) is 5.20. The van der Waals surface area contributed by atoms with E-state index in [1.165, 1.54) is 0 Å². The summed E-state index contributed by atoms with van der Waals surface area (Å²) >= 11 is 0. The Labute approximate surface area is 101 Å². The van der Waals surface area contributed by atoms with E-state index in [-0.39, 0.29) is 11.6 Å². The summed E-state index contributed by atoms with van der Waals surface area (Å²) in [5, 5.41) is 0. The van der Waals surface area contributed by atoms with Crippen molar-refractivity contribution >= 4 is 7.85 Å². The zero-order valence-corrected chi connectivity index (χ0v) is 11.3. The minimum Gasteiger partial charge on any atom is -0.385 e. The molecule has 92 valence electrons. The predicted molar refractivity (Wildman–Crippen MR) is 70.4 cm³/mol. The number of nitrogens with two attached hydrogens (primary N) is 1. The third kappa shape index (κ3) is 6.31. The van der Waals surface area contributed by atoms with E-state index in [0.29, 0.717) is 6.61 Å². The highest BCUT2D eigenvalue weighted by atomic mass is 16.5. The normalized spacial score (nSPS) is 18.2. The quantitative estimate of drug-likeness (QED) is 0.403. The van der Waals surface area contributed by atoms with E-state index >= 15 is 0 Å². The van der Waals surface area contributed by atoms with E-state index in [9.17, 15) is 0 Å². The van der Waals surface area contributed by atoms with Gasteiger partial charge in [0.05, 0.1) is 12.3 Å². The fourth-order valence-electron chi connectivity index (χ4n) is 1.25. The van der Waals surface area contributed by atoms with Crippen molar-refractivity contribution in [2.75, 3.05) is 20.7 Å². The van der Waals surface area contributed by atoms with Crippen molar-refractivity contribution in [2.45, 2.75) is 38.4 Å². The van der Waals surface area contributed by atoms with Crippen LogP contribution in [0.2, 0.25) is 0 Å². The molecule has 0 bridgehead atoms. The van der Waals surface area contributed by atoms with Gasteiger partial charge in [0, 0.05) is 11.4 Å². The SMILES string of the molecule is [B]C(C)(C)OCC(C=C)CC(C)(N)N(C)C. The molecule has 4 heteroatoms. The average Bonchev–Trinajstić information content (AvgIpc) is 2.10. The first-order chi connectivity index (χ1) is 7.08. The van der Waals surface area contributed by atoms with Crippen LogP contribution in [0, 0.1) is 5.92 Å². The van der Waals surface area contributed by atoms with Crippen LogP contribution in [0.15, 0.2) is 12.7 Å². The van der Waals surface area contributed by atoms with Crippen molar-refractivity contribution in [3.05, 3.63) is 12.7 Å². The highest BCUT2D eigenvalue weighted by Gasteiger charge is 2.25. The molecular weight excluding hydrogens is 199 g/mol. The minimum absolute atomic E-state index is 0.209. The van der Waals surface area contributed by atoms with Gasteiger partial charge >= 0.3 is 0 Å². The summed E-state index contributed by atoms with van der Waals surface area (Å²) in [5.74, 6) is 0.209. The lowest BCUT2D eigenvalue weighted by molar-refractivity contribution is 0.0177. The Morgan fingerprint density at radius 1 is 1.44 bits per heavy atom. The van der Waals surface area contributed by atoms with Gasteiger partial charge in [-0.15, -0.1) is 6.58 Å². The van der Waals surface area contributed by atoms with Crippen molar-refractivity contribution in [3.8, 4) is 0 Å². The van der Waals surface area contributed by atoms with Gasteiger partial charge in [-0.25, -0.2) is 0 Å². The third-order valence-corrected chi connectivity index (χ3v) is 2.70. The van der Waals surface area contributed by atoms with Crippen molar-refractivity contribution in [2.24, 2.45) is 11.7 Å². The van der Waals surface area contributed by atoms with Crippen LogP contribution >= 0.6 is 0 Å². The molecule has 0 aliphatic carbocycles. The molecule has 2 atom stereocenters. The second-order valence-electron chi connectivity index (χ2n) is 5.37. The molecular formula is C12H25BN2O. The first-order valence-corrected chi connectivity index (χ1v) is 5.60. The topological polar surface area (TPSA) is 38.5 Å². The van der Waals surface area contributed by atoms with Crippen LogP contribution in [0.25, 0.3) is 0 Å². The van der Waals surface area contributed by atoms with Gasteiger partial charge in [-0.1, -0.05) is 6.08 Å². The molecule has 0 saturated heterocycles. The maximum absolute atomic E-state index is 6.17. The van der Waals surface area contributed by atoms with E-state index < -0.39 is 5.50 Å². The van der Waals surface area contributed by atoms with E-state index in [1.54, 1.807) is 0 Å². The van der Waals surface area contributed by atoms with Crippen molar-refractivity contribution in [3.63, 3.8) is 0 Å². The van der Waals surface area contributed by atoms with Crippen LogP contribution in [0.1, 0.15) is 27.2 Å². The lowest BCUT2D eigenvalue weighted by Gasteiger charge is -2.35. The van der Waals surface area contributed by atoms with Gasteiger partial charge in [0.1, 0.15) is 7.85 Å². The zero-order valence-electron chi connectivity index (χ0n) is 11.3. The van der Waals surface area contributed by atoms with Crippen molar-refractivity contribution in [1.29, 1.82) is 0 Å². The monoisotopic (exact) mass is 224 g/mol. The maximum atomic E-state index is 6.17. The molecule has 2 N–H and O–H groups in total. The largest absolute Gasteiger partial charge is 0.385 e. The van der Waals surface area contributed by atoms with Crippen LogP contribution in [-0.2, 0) is 4.74 Å². The number of ether oxygens (including phenoxy) is 1. The van der Waals surface area contributed by atoms with Crippen LogP contribution in [0.3, 0.4) is 0 Å². The average molecular weight is 224 g/mol. The number of hydrogen-bond acceptors (Lipinski definition) is 3. The fraction of sp³-hybridized carbons (Fsp3) is 0.833. The lowest BCUT2D eigenvalue weighted by atomic mass is 9.85. The summed E-state index contributed by atoms with van der Waals surface area (Å²) in [6.45, 7) is 10.0. The van der Waals surface area contributed by atoms with E-state index in [0.717, 1.165) is 6.42 Å². The molecule has 0 aromatic carbocycles. The molecule has 2 radical (unpaired) electrons. The molecule has 0 aromatic rings. The number of rotatable bonds is 7. The van der Waals surface area contributed by atoms with Crippen LogP contribution in [-0.4, -0.2) is 44.6 Å². The molecule has 0 spiro atoms. The molecule has 0 aliphatic rings. The van der Waals surface area contributed by atoms with Crippen LogP contribution in [0.4, 0.5) is 0 Å². The molecule has 0 heterocycles. The summed E-state index contributed by atoms with van der Waals surface area (Å²) < 4.78 is 5.54. The second kappa shape index (κ2) is 5.85. The molecule has 0 aliphatic heterocycles. The van der Waals surface area contributed by atoms with Gasteiger partial charge in [0.15, 0.2) is 0 Å². The molecule has 16 heavy (non-hydrogen) atoms. The van der Waals surface area contributed by atoms with Gasteiger partial charge < -0.3 is 10.5 Å². The highest BCUT2D eigenvalue weighted by Crippen LogP contribution is 2.19. The first-order valence-electron chi connectivity index (χ1n) is 5.60. The molecule has 2 unspecified atom stereocenters. The molecule has 0 rings (SSSR count). The molecule has 3 nitrogen and oxygen atoms in total. The number of nitrogens with zero attached hydrogens (tertiary/aromatic N) is 1. The van der Waals surface area contributed by atoms with Gasteiger partial charge in [0.25, 0.3) is 0 Å². The van der Waals surface area contributed by atoms with E-state index in [4.69, 9.17) is 18.3 Å². The highest BCUT2D eigenvalue weighted by molar-refractivity contribution is 6.13. The Kier molecular flexibility index (Phi) is 5.73. The zero-order chi connectivity index (χ0) is 13.0. The van der Waals surface area contributed by atoms with Crippen molar-refractivity contribution in [1.82, 2.24) is 4.90 Å². The Balaban J connectivity index is 4.26. The number of hydrogen-bond donors (Lipinski definition) is 1. The van der Waals surface area contributed by atoms with Crippen LogP contribution < -0.4 is 5.73 Å². The second-order valence-corrected chi connectivity index (χ2v) is 5.37. The molecule has 0 amide bonds. The smallest absolute Gasteiger partial charge is 0.112 e. The van der Waals surface area contributed by atoms with Gasteiger partial charge in [-0.3, -0.25) is 4.90 Å². The molecule has 0 fully saturated rings. The summed E-state index contributed by atoms with van der Waals surface area (Å²) in [6.07, 6.45) is 2.67. The molecule has 0 saturated carbocycles. The Morgan fingerprint density at radius 2 is 1.94 bits per heavy atom. The Morgan fingerprint density at radius 3 is 2.25 bits per heavy atom. The Bertz CT molecular complexity index is 222. The van der Waals surface area contributed by atoms with E-state index in [2.05, 4.69) is 6.58 Å². The predicted octanol–water partition coefficient (Wildman–Crippen LogP) is 1.34. The summed E-state index contributed by atoms with van der Waals surface area (Å²) in [7, 11) is 9.70.